The van der Waals surface area contributed by atoms with Crippen LogP contribution in [0.3, 0.4) is 0 Å². The number of hydrogen-bond acceptors (Lipinski definition) is 5. The zero-order chi connectivity index (χ0) is 35.5. The first kappa shape index (κ1) is 40.2. The highest BCUT2D eigenvalue weighted by Crippen LogP contribution is 2.41. The summed E-state index contributed by atoms with van der Waals surface area (Å²) < 4.78 is 11.0. The molecule has 0 N–H and O–H groups in total. The Morgan fingerprint density at radius 1 is 0.750 bits per heavy atom. The first-order valence-electron chi connectivity index (χ1n) is 17.5. The molecule has 2 aliphatic carbocycles. The van der Waals surface area contributed by atoms with Crippen molar-refractivity contribution in [2.75, 3.05) is 6.61 Å². The van der Waals surface area contributed by atoms with Crippen molar-refractivity contribution in [3.8, 4) is 0 Å². The molecular weight excluding hydrogens is 596 g/mol. The van der Waals surface area contributed by atoms with E-state index in [0.29, 0.717) is 24.5 Å². The second kappa shape index (κ2) is 21.1. The van der Waals surface area contributed by atoms with Crippen LogP contribution in [0.25, 0.3) is 0 Å². The summed E-state index contributed by atoms with van der Waals surface area (Å²) in [6.07, 6.45) is 33.9. The van der Waals surface area contributed by atoms with Gasteiger partial charge < -0.3 is 9.47 Å². The van der Waals surface area contributed by atoms with Crippen LogP contribution in [0.5, 0.6) is 0 Å². The Hall–Kier alpha value is -3.99. The molecule has 0 saturated heterocycles. The summed E-state index contributed by atoms with van der Waals surface area (Å²) in [7, 11) is 0. The second-order valence-corrected chi connectivity index (χ2v) is 13.7. The van der Waals surface area contributed by atoms with E-state index in [1.54, 1.807) is 6.92 Å². The van der Waals surface area contributed by atoms with Crippen molar-refractivity contribution in [3.05, 3.63) is 119 Å². The molecule has 0 heterocycles. The van der Waals surface area contributed by atoms with Crippen molar-refractivity contribution in [2.24, 2.45) is 11.3 Å². The predicted octanol–water partition coefficient (Wildman–Crippen LogP) is 10.7. The number of carbonyl (C=O) groups excluding carboxylic acids is 3. The van der Waals surface area contributed by atoms with E-state index in [2.05, 4.69) is 77.2 Å². The molecule has 0 spiro atoms. The van der Waals surface area contributed by atoms with Gasteiger partial charge in [-0.05, 0) is 76.9 Å². The van der Waals surface area contributed by atoms with E-state index in [1.807, 2.05) is 56.4 Å². The quantitative estimate of drug-likeness (QED) is 0.130. The van der Waals surface area contributed by atoms with E-state index in [1.165, 1.54) is 30.4 Å². The number of allylic oxidation sites excluding steroid dienone is 19. The van der Waals surface area contributed by atoms with Crippen molar-refractivity contribution in [1.29, 1.82) is 0 Å². The first-order chi connectivity index (χ1) is 22.8. The van der Waals surface area contributed by atoms with Gasteiger partial charge in [-0.2, -0.15) is 0 Å². The van der Waals surface area contributed by atoms with Gasteiger partial charge in [-0.1, -0.05) is 140 Å². The summed E-state index contributed by atoms with van der Waals surface area (Å²) in [6, 6.07) is 0. The zero-order valence-corrected chi connectivity index (χ0v) is 30.6. The number of ketones is 1. The Morgan fingerprint density at radius 3 is 1.85 bits per heavy atom. The van der Waals surface area contributed by atoms with Gasteiger partial charge in [0.15, 0.2) is 11.9 Å². The van der Waals surface area contributed by atoms with E-state index < -0.39 is 12.1 Å². The molecule has 5 heteroatoms. The van der Waals surface area contributed by atoms with Gasteiger partial charge >= 0.3 is 11.9 Å². The maximum absolute atomic E-state index is 13.2. The molecule has 48 heavy (non-hydrogen) atoms. The standard InChI is InChI=1S/C43H58O5/c1-9-17-32(2)20-15-21-33(3)18-13-14-19-34(4)22-16-23-35(5)26-27-38-36(6)42(46)39(30-43(38,7)8)48-41(45)29-28-40(44)47-31-37-24-11-10-12-25-37/h9,13-23,26-27,37,39H,10-12,24-25,28-31H2,1-8H3/b14-13+,17-9+,21-15+,22-16+,27-26+,32-20+,33-18+,34-19+,35-23+. The topological polar surface area (TPSA) is 69.7 Å². The van der Waals surface area contributed by atoms with Crippen LogP contribution in [0, 0.1) is 11.3 Å². The molecular formula is C43H58O5. The van der Waals surface area contributed by atoms with E-state index in [4.69, 9.17) is 9.47 Å². The van der Waals surface area contributed by atoms with E-state index in [-0.39, 0.29) is 30.0 Å². The number of carbonyl (C=O) groups is 3. The van der Waals surface area contributed by atoms with Crippen LogP contribution in [0.4, 0.5) is 0 Å². The third-order valence-electron chi connectivity index (χ3n) is 8.71. The Labute approximate surface area is 290 Å². The Kier molecular flexibility index (Phi) is 17.6. The molecule has 260 valence electrons. The van der Waals surface area contributed by atoms with Gasteiger partial charge in [0.2, 0.25) is 0 Å². The molecule has 0 aliphatic heterocycles. The van der Waals surface area contributed by atoms with Crippen molar-refractivity contribution in [1.82, 2.24) is 0 Å². The lowest BCUT2D eigenvalue weighted by molar-refractivity contribution is -0.158. The molecule has 0 amide bonds. The van der Waals surface area contributed by atoms with E-state index >= 15 is 0 Å². The van der Waals surface area contributed by atoms with Gasteiger partial charge in [0.25, 0.3) is 0 Å². The van der Waals surface area contributed by atoms with E-state index in [0.717, 1.165) is 29.6 Å². The van der Waals surface area contributed by atoms with Crippen molar-refractivity contribution in [2.45, 2.75) is 113 Å². The Morgan fingerprint density at radius 2 is 1.27 bits per heavy atom. The molecule has 1 unspecified atom stereocenters. The van der Waals surface area contributed by atoms with Crippen LogP contribution in [0.1, 0.15) is 107 Å². The van der Waals surface area contributed by atoms with Gasteiger partial charge in [0.1, 0.15) is 0 Å². The lowest BCUT2D eigenvalue weighted by atomic mass is 9.71. The molecule has 0 aromatic heterocycles. The van der Waals surface area contributed by atoms with Gasteiger partial charge in [-0.25, -0.2) is 0 Å². The second-order valence-electron chi connectivity index (χ2n) is 13.7. The largest absolute Gasteiger partial charge is 0.465 e. The summed E-state index contributed by atoms with van der Waals surface area (Å²) >= 11 is 0. The van der Waals surface area contributed by atoms with Crippen molar-refractivity contribution < 1.29 is 23.9 Å². The fourth-order valence-corrected chi connectivity index (χ4v) is 5.87. The summed E-state index contributed by atoms with van der Waals surface area (Å²) in [5, 5.41) is 0. The van der Waals surface area contributed by atoms with Crippen molar-refractivity contribution in [3.63, 3.8) is 0 Å². The smallest absolute Gasteiger partial charge is 0.307 e. The fraction of sp³-hybridized carbons (Fsp3) is 0.465. The zero-order valence-electron chi connectivity index (χ0n) is 30.6. The van der Waals surface area contributed by atoms with Gasteiger partial charge in [0, 0.05) is 6.42 Å². The SMILES string of the molecule is C/C=C/C(C)=C/C=C/C(C)=C/C=C/C=C(C)/C=C/C=C(C)/C=C/C1=C(C)C(=O)C(OC(=O)CCC(=O)OCC2CCCCC2)CC1(C)C. The molecule has 5 nitrogen and oxygen atoms in total. The van der Waals surface area contributed by atoms with Crippen LogP contribution < -0.4 is 0 Å². The molecule has 2 aliphatic rings. The Balaban J connectivity index is 1.90. The van der Waals surface area contributed by atoms with Crippen LogP contribution >= 0.6 is 0 Å². The van der Waals surface area contributed by atoms with Gasteiger partial charge in [-0.3, -0.25) is 14.4 Å². The van der Waals surface area contributed by atoms with Crippen molar-refractivity contribution >= 4 is 17.7 Å². The van der Waals surface area contributed by atoms with E-state index in [9.17, 15) is 14.4 Å². The molecule has 1 saturated carbocycles. The minimum Gasteiger partial charge on any atom is -0.465 e. The number of ether oxygens (including phenoxy) is 2. The maximum Gasteiger partial charge on any atom is 0.307 e. The lowest BCUT2D eigenvalue weighted by Crippen LogP contribution is -2.39. The third kappa shape index (κ3) is 15.3. The average Bonchev–Trinajstić information content (AvgIpc) is 3.04. The van der Waals surface area contributed by atoms with Crippen LogP contribution in [-0.4, -0.2) is 30.4 Å². The normalized spacial score (nSPS) is 20.8. The number of esters is 2. The average molecular weight is 655 g/mol. The molecule has 1 fully saturated rings. The summed E-state index contributed by atoms with van der Waals surface area (Å²) in [5.41, 5.74) is 5.73. The maximum atomic E-state index is 13.2. The highest BCUT2D eigenvalue weighted by Gasteiger charge is 2.39. The highest BCUT2D eigenvalue weighted by atomic mass is 16.5. The number of hydrogen-bond donors (Lipinski definition) is 0. The summed E-state index contributed by atoms with van der Waals surface area (Å²) in [6.45, 7) is 16.6. The minimum atomic E-state index is -0.850. The third-order valence-corrected chi connectivity index (χ3v) is 8.71. The first-order valence-corrected chi connectivity index (χ1v) is 17.5. The monoisotopic (exact) mass is 654 g/mol. The van der Waals surface area contributed by atoms with Gasteiger partial charge in [-0.15, -0.1) is 0 Å². The predicted molar refractivity (Wildman–Crippen MR) is 199 cm³/mol. The molecule has 2 rings (SSSR count). The molecule has 0 radical (unpaired) electrons. The Bertz CT molecular complexity index is 1420. The number of rotatable bonds is 15. The minimum absolute atomic E-state index is 0.0324. The molecule has 0 aromatic rings. The summed E-state index contributed by atoms with van der Waals surface area (Å²) in [4.78, 5) is 37.9. The summed E-state index contributed by atoms with van der Waals surface area (Å²) in [5.74, 6) is -0.686. The van der Waals surface area contributed by atoms with Crippen LogP contribution in [-0.2, 0) is 23.9 Å². The van der Waals surface area contributed by atoms with Gasteiger partial charge in [0.05, 0.1) is 19.4 Å². The fourth-order valence-electron chi connectivity index (χ4n) is 5.87. The lowest BCUT2D eigenvalue weighted by Gasteiger charge is -2.36. The molecule has 0 bridgehead atoms. The van der Waals surface area contributed by atoms with Crippen LogP contribution in [0.15, 0.2) is 119 Å². The molecule has 0 aromatic carbocycles. The highest BCUT2D eigenvalue weighted by molar-refractivity contribution is 6.01. The molecule has 1 atom stereocenters. The number of Topliss-reactive ketones (excluding diaryl/α,β-unsaturated/α-hetero) is 1. The van der Waals surface area contributed by atoms with Crippen LogP contribution in [0.2, 0.25) is 0 Å².